The van der Waals surface area contributed by atoms with Crippen molar-refractivity contribution in [3.8, 4) is 34.0 Å². The molecule has 0 unspecified atom stereocenters. The Morgan fingerprint density at radius 3 is 2.45 bits per heavy atom. The molecule has 0 saturated carbocycles. The number of H-pyrrole nitrogens is 1. The van der Waals surface area contributed by atoms with Crippen LogP contribution in [0, 0.1) is 6.92 Å². The minimum atomic E-state index is 0.541. The Morgan fingerprint density at radius 1 is 0.839 bits per heavy atom. The summed E-state index contributed by atoms with van der Waals surface area (Å²) >= 11 is 1.52. The molecule has 0 spiro atoms. The van der Waals surface area contributed by atoms with Gasteiger partial charge in [-0.2, -0.15) is 5.21 Å². The van der Waals surface area contributed by atoms with Gasteiger partial charge in [-0.05, 0) is 41.0 Å². The molecule has 0 saturated heterocycles. The Kier molecular flexibility index (Phi) is 5.28. The minimum Gasteiger partial charge on any atom is -0.411 e. The van der Waals surface area contributed by atoms with E-state index >= 15 is 0 Å². The molecule has 0 aliphatic heterocycles. The second-order valence-electron chi connectivity index (χ2n) is 7.01. The standard InChI is InChI=1S/C23H18N6OS/c1-15-5-4-6-18(13-15)22-26-27-23(30-22)31-14-16-9-11-17(12-10-16)19-7-2-3-8-20(19)21-24-28-29-25-21/h2-13H,14H2,1H3,(H,24,25,28,29). The third-order valence-electron chi connectivity index (χ3n) is 4.81. The predicted octanol–water partition coefficient (Wildman–Crippen LogP) is 5.18. The number of thioether (sulfide) groups is 1. The summed E-state index contributed by atoms with van der Waals surface area (Å²) in [6, 6.07) is 24.5. The summed E-state index contributed by atoms with van der Waals surface area (Å²) in [5.41, 5.74) is 6.35. The van der Waals surface area contributed by atoms with Crippen LogP contribution in [-0.2, 0) is 5.75 Å². The van der Waals surface area contributed by atoms with E-state index < -0.39 is 0 Å². The van der Waals surface area contributed by atoms with Gasteiger partial charge in [0.15, 0.2) is 0 Å². The molecule has 8 heteroatoms. The lowest BCUT2D eigenvalue weighted by molar-refractivity contribution is 0.466. The monoisotopic (exact) mass is 426 g/mol. The normalized spacial score (nSPS) is 11.0. The lowest BCUT2D eigenvalue weighted by Gasteiger charge is -2.07. The number of tetrazole rings is 1. The highest BCUT2D eigenvalue weighted by Crippen LogP contribution is 2.31. The van der Waals surface area contributed by atoms with Crippen LogP contribution in [0.3, 0.4) is 0 Å². The van der Waals surface area contributed by atoms with Crippen LogP contribution < -0.4 is 0 Å². The summed E-state index contributed by atoms with van der Waals surface area (Å²) in [5.74, 6) is 1.86. The molecule has 3 aromatic carbocycles. The molecule has 0 amide bonds. The smallest absolute Gasteiger partial charge is 0.277 e. The number of hydrogen-bond acceptors (Lipinski definition) is 7. The average molecular weight is 427 g/mol. The highest BCUT2D eigenvalue weighted by atomic mass is 32.2. The van der Waals surface area contributed by atoms with Gasteiger partial charge in [-0.3, -0.25) is 0 Å². The summed E-state index contributed by atoms with van der Waals surface area (Å²) in [6.07, 6.45) is 0. The van der Waals surface area contributed by atoms with Crippen LogP contribution >= 0.6 is 11.8 Å². The number of benzene rings is 3. The summed E-state index contributed by atoms with van der Waals surface area (Å²) in [5, 5.41) is 23.3. The first kappa shape index (κ1) is 19.2. The maximum atomic E-state index is 5.81. The van der Waals surface area contributed by atoms with Gasteiger partial charge in [0.05, 0.1) is 0 Å². The molecule has 0 aliphatic carbocycles. The molecule has 31 heavy (non-hydrogen) atoms. The molecule has 0 radical (unpaired) electrons. The van der Waals surface area contributed by atoms with Crippen molar-refractivity contribution in [2.45, 2.75) is 17.9 Å². The zero-order valence-electron chi connectivity index (χ0n) is 16.7. The van der Waals surface area contributed by atoms with E-state index in [0.717, 1.165) is 33.6 Å². The van der Waals surface area contributed by atoms with Gasteiger partial charge in [0, 0.05) is 16.9 Å². The highest BCUT2D eigenvalue weighted by molar-refractivity contribution is 7.98. The van der Waals surface area contributed by atoms with Gasteiger partial charge in [-0.1, -0.05) is 78.0 Å². The van der Waals surface area contributed by atoms with Gasteiger partial charge in [0.2, 0.25) is 11.7 Å². The first-order valence-corrected chi connectivity index (χ1v) is 10.7. The minimum absolute atomic E-state index is 0.541. The van der Waals surface area contributed by atoms with E-state index in [2.05, 4.69) is 61.2 Å². The van der Waals surface area contributed by atoms with Crippen LogP contribution in [0.25, 0.3) is 34.0 Å². The lowest BCUT2D eigenvalue weighted by Crippen LogP contribution is -1.88. The quantitative estimate of drug-likeness (QED) is 0.374. The van der Waals surface area contributed by atoms with E-state index in [1.807, 2.05) is 49.4 Å². The first-order valence-electron chi connectivity index (χ1n) is 9.72. The predicted molar refractivity (Wildman–Crippen MR) is 119 cm³/mol. The van der Waals surface area contributed by atoms with Crippen molar-refractivity contribution in [2.24, 2.45) is 0 Å². The van der Waals surface area contributed by atoms with Crippen molar-refractivity contribution in [1.82, 2.24) is 30.8 Å². The van der Waals surface area contributed by atoms with Gasteiger partial charge >= 0.3 is 0 Å². The summed E-state index contributed by atoms with van der Waals surface area (Å²) in [6.45, 7) is 2.04. The van der Waals surface area contributed by atoms with E-state index in [9.17, 15) is 0 Å². The van der Waals surface area contributed by atoms with Gasteiger partial charge in [0.1, 0.15) is 0 Å². The molecule has 5 rings (SSSR count). The fraction of sp³-hybridized carbons (Fsp3) is 0.0870. The number of nitrogens with one attached hydrogen (secondary N) is 1. The number of rotatable bonds is 6. The number of aryl methyl sites for hydroxylation is 1. The third-order valence-corrected chi connectivity index (χ3v) is 5.70. The Morgan fingerprint density at radius 2 is 1.68 bits per heavy atom. The Bertz CT molecular complexity index is 1300. The van der Waals surface area contributed by atoms with Gasteiger partial charge in [-0.15, -0.1) is 20.4 Å². The number of nitrogens with zero attached hydrogens (tertiary/aromatic N) is 5. The van der Waals surface area contributed by atoms with Crippen molar-refractivity contribution in [1.29, 1.82) is 0 Å². The topological polar surface area (TPSA) is 93.4 Å². The van der Waals surface area contributed by atoms with Crippen molar-refractivity contribution >= 4 is 11.8 Å². The molecule has 2 heterocycles. The van der Waals surface area contributed by atoms with Crippen LogP contribution in [0.2, 0.25) is 0 Å². The zero-order chi connectivity index (χ0) is 21.0. The maximum Gasteiger partial charge on any atom is 0.277 e. The van der Waals surface area contributed by atoms with E-state index in [1.54, 1.807) is 0 Å². The van der Waals surface area contributed by atoms with Crippen LogP contribution in [0.5, 0.6) is 0 Å². The SMILES string of the molecule is Cc1cccc(-c2nnc(SCc3ccc(-c4ccccc4-c4nn[nH]n4)cc3)o2)c1. The summed E-state index contributed by atoms with van der Waals surface area (Å²) in [4.78, 5) is 0. The fourth-order valence-electron chi connectivity index (χ4n) is 3.29. The third kappa shape index (κ3) is 4.24. The number of aromatic nitrogens is 6. The van der Waals surface area contributed by atoms with Gasteiger partial charge in [0.25, 0.3) is 5.22 Å². The Hall–Kier alpha value is -3.78. The Balaban J connectivity index is 1.29. The molecule has 5 aromatic rings. The molecule has 0 aliphatic rings. The van der Waals surface area contributed by atoms with Crippen LogP contribution in [-0.4, -0.2) is 30.8 Å². The van der Waals surface area contributed by atoms with Crippen molar-refractivity contribution in [2.75, 3.05) is 0 Å². The highest BCUT2D eigenvalue weighted by Gasteiger charge is 2.12. The van der Waals surface area contributed by atoms with Crippen molar-refractivity contribution in [3.05, 3.63) is 83.9 Å². The first-order chi connectivity index (χ1) is 15.3. The van der Waals surface area contributed by atoms with Crippen molar-refractivity contribution in [3.63, 3.8) is 0 Å². The largest absolute Gasteiger partial charge is 0.411 e. The molecule has 0 atom stereocenters. The van der Waals surface area contributed by atoms with Crippen LogP contribution in [0.15, 0.2) is 82.4 Å². The maximum absolute atomic E-state index is 5.81. The van der Waals surface area contributed by atoms with E-state index in [1.165, 1.54) is 17.3 Å². The summed E-state index contributed by atoms with van der Waals surface area (Å²) in [7, 11) is 0. The number of hydrogen-bond donors (Lipinski definition) is 1. The van der Waals surface area contributed by atoms with E-state index in [0.29, 0.717) is 16.9 Å². The molecule has 152 valence electrons. The van der Waals surface area contributed by atoms with Crippen molar-refractivity contribution < 1.29 is 4.42 Å². The molecular weight excluding hydrogens is 408 g/mol. The van der Waals surface area contributed by atoms with Gasteiger partial charge < -0.3 is 4.42 Å². The Labute approximate surface area is 182 Å². The van der Waals surface area contributed by atoms with Gasteiger partial charge in [-0.25, -0.2) is 0 Å². The van der Waals surface area contributed by atoms with E-state index in [4.69, 9.17) is 4.42 Å². The lowest BCUT2D eigenvalue weighted by atomic mass is 9.98. The molecular formula is C23H18N6OS. The molecule has 0 fully saturated rings. The summed E-state index contributed by atoms with van der Waals surface area (Å²) < 4.78 is 5.81. The molecule has 7 nitrogen and oxygen atoms in total. The van der Waals surface area contributed by atoms with E-state index in [-0.39, 0.29) is 0 Å². The molecule has 1 N–H and O–H groups in total. The molecule has 2 aromatic heterocycles. The fourth-order valence-corrected chi connectivity index (χ4v) is 4.01. The number of aromatic amines is 1. The van der Waals surface area contributed by atoms with Crippen LogP contribution in [0.4, 0.5) is 0 Å². The second-order valence-corrected chi connectivity index (χ2v) is 7.94. The van der Waals surface area contributed by atoms with Crippen LogP contribution in [0.1, 0.15) is 11.1 Å². The molecule has 0 bridgehead atoms. The average Bonchev–Trinajstić information content (AvgIpc) is 3.51. The zero-order valence-corrected chi connectivity index (χ0v) is 17.5. The second kappa shape index (κ2) is 8.53.